The summed E-state index contributed by atoms with van der Waals surface area (Å²) >= 11 is 1.39. The predicted octanol–water partition coefficient (Wildman–Crippen LogP) is 5.96. The van der Waals surface area contributed by atoms with E-state index in [9.17, 15) is 4.79 Å². The molecule has 7 nitrogen and oxygen atoms in total. The van der Waals surface area contributed by atoms with Crippen LogP contribution in [0.25, 0.3) is 10.2 Å². The van der Waals surface area contributed by atoms with Crippen LogP contribution in [0.3, 0.4) is 0 Å². The van der Waals surface area contributed by atoms with Crippen molar-refractivity contribution in [3.63, 3.8) is 0 Å². The van der Waals surface area contributed by atoms with E-state index in [-0.39, 0.29) is 5.91 Å². The number of thiazole rings is 1. The molecule has 0 radical (unpaired) electrons. The van der Waals surface area contributed by atoms with Gasteiger partial charge in [-0.25, -0.2) is 4.98 Å². The lowest BCUT2D eigenvalue weighted by atomic mass is 10.1. The van der Waals surface area contributed by atoms with E-state index in [1.54, 1.807) is 37.3 Å². The highest BCUT2D eigenvalue weighted by Gasteiger charge is 2.25. The van der Waals surface area contributed by atoms with Crippen LogP contribution in [-0.2, 0) is 6.54 Å². The zero-order valence-corrected chi connectivity index (χ0v) is 21.1. The van der Waals surface area contributed by atoms with Gasteiger partial charge in [0.2, 0.25) is 0 Å². The number of carbonyl (C=O) groups excluding carboxylic acids is 1. The lowest BCUT2D eigenvalue weighted by molar-refractivity contribution is 0.0984. The molecule has 0 N–H and O–H groups in total. The van der Waals surface area contributed by atoms with Gasteiger partial charge in [0, 0.05) is 5.56 Å². The van der Waals surface area contributed by atoms with E-state index in [1.807, 2.05) is 56.3 Å². The Balaban J connectivity index is 1.81. The minimum Gasteiger partial charge on any atom is -0.495 e. The predicted molar refractivity (Wildman–Crippen MR) is 138 cm³/mol. The zero-order valence-electron chi connectivity index (χ0n) is 20.2. The van der Waals surface area contributed by atoms with Gasteiger partial charge >= 0.3 is 0 Å². The standard InChI is InChI=1S/C27H28N2O5S/c1-5-33-20-13-12-19(16-23(20)34-6-2)26(30)29(17-18-10-8-7-9-11-18)27-28-24-21(31-3)14-15-22(32-4)25(24)35-27/h7-16H,5-6,17H2,1-4H3. The minimum absolute atomic E-state index is 0.199. The average Bonchev–Trinajstić information content (AvgIpc) is 3.33. The van der Waals surface area contributed by atoms with Crippen molar-refractivity contribution in [2.45, 2.75) is 20.4 Å². The molecule has 0 unspecified atom stereocenters. The summed E-state index contributed by atoms with van der Waals surface area (Å²) in [7, 11) is 3.21. The topological polar surface area (TPSA) is 70.1 Å². The second-order valence-electron chi connectivity index (χ2n) is 7.55. The molecule has 4 rings (SSSR count). The molecule has 0 saturated heterocycles. The number of anilines is 1. The molecule has 1 heterocycles. The zero-order chi connectivity index (χ0) is 24.8. The number of ether oxygens (including phenoxy) is 4. The van der Waals surface area contributed by atoms with Crippen molar-refractivity contribution in [3.8, 4) is 23.0 Å². The van der Waals surface area contributed by atoms with E-state index in [2.05, 4.69) is 0 Å². The smallest absolute Gasteiger partial charge is 0.260 e. The van der Waals surface area contributed by atoms with E-state index in [1.165, 1.54) is 11.3 Å². The number of hydrogen-bond donors (Lipinski definition) is 0. The first-order chi connectivity index (χ1) is 17.1. The maximum Gasteiger partial charge on any atom is 0.260 e. The molecule has 0 aliphatic heterocycles. The first-order valence-electron chi connectivity index (χ1n) is 11.4. The van der Waals surface area contributed by atoms with Crippen LogP contribution in [0.4, 0.5) is 5.13 Å². The molecule has 0 atom stereocenters. The van der Waals surface area contributed by atoms with Gasteiger partial charge in [-0.1, -0.05) is 41.7 Å². The number of fused-ring (bicyclic) bond motifs is 1. The normalized spacial score (nSPS) is 10.7. The summed E-state index contributed by atoms with van der Waals surface area (Å²) < 4.78 is 23.3. The van der Waals surface area contributed by atoms with Crippen molar-refractivity contribution in [1.29, 1.82) is 0 Å². The number of aromatic nitrogens is 1. The highest BCUT2D eigenvalue weighted by atomic mass is 32.1. The quantitative estimate of drug-likeness (QED) is 0.272. The van der Waals surface area contributed by atoms with Crippen LogP contribution in [0, 0.1) is 0 Å². The fraction of sp³-hybridized carbons (Fsp3) is 0.259. The van der Waals surface area contributed by atoms with Crippen molar-refractivity contribution >= 4 is 32.6 Å². The molecular formula is C27H28N2O5S. The van der Waals surface area contributed by atoms with Gasteiger partial charge in [0.25, 0.3) is 5.91 Å². The van der Waals surface area contributed by atoms with Crippen molar-refractivity contribution in [1.82, 2.24) is 4.98 Å². The second kappa shape index (κ2) is 11.1. The minimum atomic E-state index is -0.199. The molecule has 1 aromatic heterocycles. The fourth-order valence-electron chi connectivity index (χ4n) is 3.72. The van der Waals surface area contributed by atoms with Crippen LogP contribution in [0.15, 0.2) is 60.7 Å². The van der Waals surface area contributed by atoms with E-state index in [0.717, 1.165) is 10.3 Å². The highest BCUT2D eigenvalue weighted by molar-refractivity contribution is 7.22. The Morgan fingerprint density at radius 3 is 2.20 bits per heavy atom. The number of benzene rings is 3. The van der Waals surface area contributed by atoms with Crippen LogP contribution < -0.4 is 23.8 Å². The van der Waals surface area contributed by atoms with E-state index in [0.29, 0.717) is 59.0 Å². The Labute approximate surface area is 208 Å². The molecule has 4 aromatic rings. The largest absolute Gasteiger partial charge is 0.495 e. The van der Waals surface area contributed by atoms with Crippen LogP contribution in [0.1, 0.15) is 29.8 Å². The Morgan fingerprint density at radius 2 is 1.51 bits per heavy atom. The van der Waals surface area contributed by atoms with Gasteiger partial charge in [0.05, 0.1) is 34.0 Å². The second-order valence-corrected chi connectivity index (χ2v) is 8.53. The molecule has 0 fully saturated rings. The molecule has 35 heavy (non-hydrogen) atoms. The van der Waals surface area contributed by atoms with Gasteiger partial charge in [-0.3, -0.25) is 9.69 Å². The summed E-state index contributed by atoms with van der Waals surface area (Å²) in [4.78, 5) is 20.4. The molecule has 0 bridgehead atoms. The number of amides is 1. The maximum absolute atomic E-state index is 13.9. The average molecular weight is 493 g/mol. The molecule has 8 heteroatoms. The first-order valence-corrected chi connectivity index (χ1v) is 12.2. The molecule has 3 aromatic carbocycles. The number of methoxy groups -OCH3 is 2. The summed E-state index contributed by atoms with van der Waals surface area (Å²) in [6.07, 6.45) is 0. The molecule has 1 amide bonds. The SMILES string of the molecule is CCOc1ccc(C(=O)N(Cc2ccccc2)c2nc3c(OC)ccc(OC)c3s2)cc1OCC. The van der Waals surface area contributed by atoms with Crippen LogP contribution >= 0.6 is 11.3 Å². The van der Waals surface area contributed by atoms with Gasteiger partial charge in [0.15, 0.2) is 16.6 Å². The van der Waals surface area contributed by atoms with Crippen LogP contribution in [-0.4, -0.2) is 38.3 Å². The Kier molecular flexibility index (Phi) is 7.72. The number of carbonyl (C=O) groups is 1. The Hall–Kier alpha value is -3.78. The Morgan fingerprint density at radius 1 is 0.857 bits per heavy atom. The fourth-order valence-corrected chi connectivity index (χ4v) is 4.79. The molecule has 0 saturated carbocycles. The molecule has 0 aliphatic rings. The molecule has 0 spiro atoms. The van der Waals surface area contributed by atoms with E-state index >= 15 is 0 Å². The van der Waals surface area contributed by atoms with Crippen molar-refractivity contribution in [3.05, 3.63) is 71.8 Å². The van der Waals surface area contributed by atoms with Crippen molar-refractivity contribution < 1.29 is 23.7 Å². The highest BCUT2D eigenvalue weighted by Crippen LogP contribution is 2.41. The van der Waals surface area contributed by atoms with Gasteiger partial charge in [-0.05, 0) is 49.7 Å². The van der Waals surface area contributed by atoms with Gasteiger partial charge in [-0.15, -0.1) is 0 Å². The van der Waals surface area contributed by atoms with Crippen LogP contribution in [0.5, 0.6) is 23.0 Å². The van der Waals surface area contributed by atoms with Crippen molar-refractivity contribution in [2.75, 3.05) is 32.3 Å². The number of rotatable bonds is 10. The lowest BCUT2D eigenvalue weighted by Gasteiger charge is -2.21. The molecular weight excluding hydrogens is 464 g/mol. The molecule has 0 aliphatic carbocycles. The third-order valence-corrected chi connectivity index (χ3v) is 6.44. The first kappa shape index (κ1) is 24.3. The number of hydrogen-bond acceptors (Lipinski definition) is 7. The van der Waals surface area contributed by atoms with E-state index in [4.69, 9.17) is 23.9 Å². The Bertz CT molecular complexity index is 1260. The number of nitrogens with zero attached hydrogens (tertiary/aromatic N) is 2. The molecule has 182 valence electrons. The van der Waals surface area contributed by atoms with Crippen molar-refractivity contribution in [2.24, 2.45) is 0 Å². The summed E-state index contributed by atoms with van der Waals surface area (Å²) in [6.45, 7) is 5.12. The van der Waals surface area contributed by atoms with Crippen LogP contribution in [0.2, 0.25) is 0 Å². The van der Waals surface area contributed by atoms with Gasteiger partial charge in [0.1, 0.15) is 21.7 Å². The lowest BCUT2D eigenvalue weighted by Crippen LogP contribution is -2.30. The summed E-state index contributed by atoms with van der Waals surface area (Å²) in [5, 5.41) is 0.545. The maximum atomic E-state index is 13.9. The monoisotopic (exact) mass is 492 g/mol. The summed E-state index contributed by atoms with van der Waals surface area (Å²) in [6, 6.07) is 18.7. The summed E-state index contributed by atoms with van der Waals surface area (Å²) in [5.74, 6) is 2.24. The van der Waals surface area contributed by atoms with E-state index < -0.39 is 0 Å². The van der Waals surface area contributed by atoms with Gasteiger partial charge in [-0.2, -0.15) is 0 Å². The summed E-state index contributed by atoms with van der Waals surface area (Å²) in [5.41, 5.74) is 2.11. The third-order valence-electron chi connectivity index (χ3n) is 5.35. The van der Waals surface area contributed by atoms with Gasteiger partial charge < -0.3 is 18.9 Å². The third kappa shape index (κ3) is 5.17.